The lowest BCUT2D eigenvalue weighted by Crippen LogP contribution is -2.24. The van der Waals surface area contributed by atoms with Crippen molar-refractivity contribution in [1.29, 1.82) is 0 Å². The maximum Gasteiger partial charge on any atom is 0.272 e. The lowest BCUT2D eigenvalue weighted by Gasteiger charge is -2.27. The molecule has 98 valence electrons. The predicted octanol–water partition coefficient (Wildman–Crippen LogP) is 3.08. The van der Waals surface area contributed by atoms with Gasteiger partial charge >= 0.3 is 0 Å². The van der Waals surface area contributed by atoms with Gasteiger partial charge in [0.05, 0.1) is 11.0 Å². The summed E-state index contributed by atoms with van der Waals surface area (Å²) < 4.78 is 0. The molecule has 0 saturated heterocycles. The fraction of sp³-hybridized carbons (Fsp3) is 0.571. The molecule has 1 aliphatic carbocycles. The monoisotopic (exact) mass is 249 g/mol. The third kappa shape index (κ3) is 3.07. The molecule has 0 aromatic heterocycles. The molecule has 1 N–H and O–H groups in total. The van der Waals surface area contributed by atoms with Crippen LogP contribution < -0.4 is 0 Å². The summed E-state index contributed by atoms with van der Waals surface area (Å²) in [6.07, 6.45) is 5.48. The highest BCUT2D eigenvalue weighted by Gasteiger charge is 2.23. The number of benzene rings is 1. The Morgan fingerprint density at radius 1 is 1.28 bits per heavy atom. The van der Waals surface area contributed by atoms with Crippen LogP contribution in [0, 0.1) is 16.0 Å². The van der Waals surface area contributed by atoms with E-state index >= 15 is 0 Å². The van der Waals surface area contributed by atoms with Crippen LogP contribution >= 0.6 is 0 Å². The number of nitro benzene ring substituents is 1. The zero-order valence-corrected chi connectivity index (χ0v) is 10.4. The Kier molecular flexibility index (Phi) is 4.31. The van der Waals surface area contributed by atoms with Crippen molar-refractivity contribution in [2.75, 3.05) is 0 Å². The van der Waals surface area contributed by atoms with Crippen LogP contribution in [0.25, 0.3) is 0 Å². The van der Waals surface area contributed by atoms with Crippen molar-refractivity contribution in [1.82, 2.24) is 0 Å². The smallest absolute Gasteiger partial charge is 0.272 e. The van der Waals surface area contributed by atoms with E-state index < -0.39 is 0 Å². The maximum absolute atomic E-state index is 10.9. The van der Waals surface area contributed by atoms with Crippen molar-refractivity contribution in [3.05, 3.63) is 39.9 Å². The third-order valence-corrected chi connectivity index (χ3v) is 3.84. The lowest BCUT2D eigenvalue weighted by molar-refractivity contribution is -0.385. The Hall–Kier alpha value is -1.42. The second-order valence-electron chi connectivity index (χ2n) is 5.04. The van der Waals surface area contributed by atoms with Crippen molar-refractivity contribution in [2.45, 2.75) is 44.6 Å². The molecule has 1 aromatic rings. The van der Waals surface area contributed by atoms with Crippen molar-refractivity contribution < 1.29 is 10.0 Å². The molecule has 18 heavy (non-hydrogen) atoms. The van der Waals surface area contributed by atoms with Gasteiger partial charge in [-0.15, -0.1) is 0 Å². The Morgan fingerprint density at radius 3 is 2.72 bits per heavy atom. The van der Waals surface area contributed by atoms with Gasteiger partial charge in [0, 0.05) is 11.6 Å². The number of hydrogen-bond acceptors (Lipinski definition) is 3. The summed E-state index contributed by atoms with van der Waals surface area (Å²) in [7, 11) is 0. The van der Waals surface area contributed by atoms with Crippen LogP contribution in [0.1, 0.15) is 37.7 Å². The van der Waals surface area contributed by atoms with E-state index in [2.05, 4.69) is 0 Å². The number of para-hydroxylation sites is 1. The highest BCUT2D eigenvalue weighted by molar-refractivity contribution is 5.39. The summed E-state index contributed by atoms with van der Waals surface area (Å²) in [4.78, 5) is 10.6. The highest BCUT2D eigenvalue weighted by Crippen LogP contribution is 2.29. The molecule has 1 saturated carbocycles. The van der Waals surface area contributed by atoms with Gasteiger partial charge in [0.15, 0.2) is 0 Å². The SMILES string of the molecule is O=[N+]([O-])c1ccccc1CCC1CCCCC1O. The van der Waals surface area contributed by atoms with Gasteiger partial charge in [-0.2, -0.15) is 0 Å². The lowest BCUT2D eigenvalue weighted by atomic mass is 9.83. The Labute approximate surface area is 107 Å². The molecule has 1 fully saturated rings. The molecule has 0 amide bonds. The minimum Gasteiger partial charge on any atom is -0.393 e. The molecule has 1 aromatic carbocycles. The minimum atomic E-state index is -0.327. The van der Waals surface area contributed by atoms with Crippen LogP contribution in [0.15, 0.2) is 24.3 Å². The quantitative estimate of drug-likeness (QED) is 0.658. The Morgan fingerprint density at radius 2 is 2.00 bits per heavy atom. The molecule has 0 spiro atoms. The van der Waals surface area contributed by atoms with Crippen molar-refractivity contribution in [2.24, 2.45) is 5.92 Å². The highest BCUT2D eigenvalue weighted by atomic mass is 16.6. The first-order chi connectivity index (χ1) is 8.68. The standard InChI is InChI=1S/C14H19NO3/c16-14-8-4-2-6-12(14)10-9-11-5-1-3-7-13(11)15(17)18/h1,3,5,7,12,14,16H,2,4,6,8-10H2. The predicted molar refractivity (Wildman–Crippen MR) is 69.4 cm³/mol. The van der Waals surface area contributed by atoms with E-state index in [1.807, 2.05) is 12.1 Å². The molecular weight excluding hydrogens is 230 g/mol. The first kappa shape index (κ1) is 13.0. The average Bonchev–Trinajstić information content (AvgIpc) is 2.38. The van der Waals surface area contributed by atoms with Crippen LogP contribution in [-0.4, -0.2) is 16.1 Å². The van der Waals surface area contributed by atoms with Gasteiger partial charge < -0.3 is 5.11 Å². The van der Waals surface area contributed by atoms with Gasteiger partial charge in [0.1, 0.15) is 0 Å². The van der Waals surface area contributed by atoms with E-state index in [0.29, 0.717) is 12.3 Å². The van der Waals surface area contributed by atoms with E-state index in [-0.39, 0.29) is 16.7 Å². The molecule has 4 heteroatoms. The average molecular weight is 249 g/mol. The van der Waals surface area contributed by atoms with Crippen LogP contribution in [0.2, 0.25) is 0 Å². The van der Waals surface area contributed by atoms with Crippen molar-refractivity contribution in [3.63, 3.8) is 0 Å². The molecule has 0 bridgehead atoms. The fourth-order valence-corrected chi connectivity index (χ4v) is 2.77. The van der Waals surface area contributed by atoms with Crippen molar-refractivity contribution >= 4 is 5.69 Å². The first-order valence-corrected chi connectivity index (χ1v) is 6.59. The minimum absolute atomic E-state index is 0.197. The largest absolute Gasteiger partial charge is 0.393 e. The first-order valence-electron chi connectivity index (χ1n) is 6.59. The number of rotatable bonds is 4. The molecule has 0 aliphatic heterocycles. The molecular formula is C14H19NO3. The fourth-order valence-electron chi connectivity index (χ4n) is 2.77. The number of aliphatic hydroxyl groups excluding tert-OH is 1. The second-order valence-corrected chi connectivity index (χ2v) is 5.04. The van der Waals surface area contributed by atoms with E-state index in [0.717, 1.165) is 31.2 Å². The molecule has 2 unspecified atom stereocenters. The molecule has 2 atom stereocenters. The molecule has 0 heterocycles. The molecule has 1 aliphatic rings. The van der Waals surface area contributed by atoms with E-state index in [1.165, 1.54) is 6.42 Å². The summed E-state index contributed by atoms with van der Waals surface area (Å²) >= 11 is 0. The van der Waals surface area contributed by atoms with Gasteiger partial charge in [-0.05, 0) is 31.6 Å². The van der Waals surface area contributed by atoms with Gasteiger partial charge in [0.25, 0.3) is 5.69 Å². The summed E-state index contributed by atoms with van der Waals surface area (Å²) in [6.45, 7) is 0. The topological polar surface area (TPSA) is 63.4 Å². The maximum atomic E-state index is 10.9. The van der Waals surface area contributed by atoms with E-state index in [4.69, 9.17) is 0 Å². The molecule has 0 radical (unpaired) electrons. The number of nitro groups is 1. The van der Waals surface area contributed by atoms with Crippen molar-refractivity contribution in [3.8, 4) is 0 Å². The summed E-state index contributed by atoms with van der Waals surface area (Å²) in [5, 5.41) is 20.8. The number of aryl methyl sites for hydroxylation is 1. The summed E-state index contributed by atoms with van der Waals surface area (Å²) in [5.74, 6) is 0.304. The molecule has 4 nitrogen and oxygen atoms in total. The number of aliphatic hydroxyl groups is 1. The van der Waals surface area contributed by atoms with Gasteiger partial charge in [0.2, 0.25) is 0 Å². The Balaban J connectivity index is 1.99. The van der Waals surface area contributed by atoms with E-state index in [9.17, 15) is 15.2 Å². The van der Waals surface area contributed by atoms with E-state index in [1.54, 1.807) is 12.1 Å². The number of hydrogen-bond donors (Lipinski definition) is 1. The second kappa shape index (κ2) is 5.96. The normalized spacial score (nSPS) is 23.8. The van der Waals surface area contributed by atoms with Crippen LogP contribution in [0.4, 0.5) is 5.69 Å². The van der Waals surface area contributed by atoms with Gasteiger partial charge in [-0.25, -0.2) is 0 Å². The zero-order chi connectivity index (χ0) is 13.0. The third-order valence-electron chi connectivity index (χ3n) is 3.84. The summed E-state index contributed by atoms with van der Waals surface area (Å²) in [6, 6.07) is 6.89. The van der Waals surface area contributed by atoms with Crippen LogP contribution in [-0.2, 0) is 6.42 Å². The molecule has 2 rings (SSSR count). The zero-order valence-electron chi connectivity index (χ0n) is 10.4. The van der Waals surface area contributed by atoms with Gasteiger partial charge in [-0.3, -0.25) is 10.1 Å². The summed E-state index contributed by atoms with van der Waals surface area (Å²) in [5.41, 5.74) is 0.975. The van der Waals surface area contributed by atoms with Crippen LogP contribution in [0.5, 0.6) is 0 Å². The number of nitrogens with zero attached hydrogens (tertiary/aromatic N) is 1. The van der Waals surface area contributed by atoms with Gasteiger partial charge in [-0.1, -0.05) is 31.0 Å². The Bertz CT molecular complexity index is 419. The van der Waals surface area contributed by atoms with Crippen LogP contribution in [0.3, 0.4) is 0 Å².